The first-order valence-corrected chi connectivity index (χ1v) is 5.96. The second kappa shape index (κ2) is 8.87. The highest BCUT2D eigenvalue weighted by atomic mass is 16.4. The molecule has 0 rings (SSSR count). The van der Waals surface area contributed by atoms with E-state index < -0.39 is 18.2 Å². The van der Waals surface area contributed by atoms with Crippen molar-refractivity contribution in [1.29, 1.82) is 0 Å². The quantitative estimate of drug-likeness (QED) is 0.563. The van der Waals surface area contributed by atoms with E-state index in [1.807, 2.05) is 0 Å². The van der Waals surface area contributed by atoms with Crippen molar-refractivity contribution in [1.82, 2.24) is 0 Å². The van der Waals surface area contributed by atoms with Crippen LogP contribution in [0.3, 0.4) is 0 Å². The van der Waals surface area contributed by atoms with E-state index in [0.717, 1.165) is 19.3 Å². The highest BCUT2D eigenvalue weighted by molar-refractivity contribution is 5.96. The maximum absolute atomic E-state index is 11.4. The van der Waals surface area contributed by atoms with Gasteiger partial charge in [-0.15, -0.1) is 0 Å². The van der Waals surface area contributed by atoms with Gasteiger partial charge in [0.05, 0.1) is 0 Å². The Kier molecular flexibility index (Phi) is 8.23. The summed E-state index contributed by atoms with van der Waals surface area (Å²) in [6, 6.07) is -0.142. The molecule has 0 aromatic carbocycles. The molecule has 0 aliphatic carbocycles. The molecule has 5 heteroatoms. The van der Waals surface area contributed by atoms with Crippen LogP contribution in [-0.4, -0.2) is 28.7 Å². The van der Waals surface area contributed by atoms with Crippen LogP contribution in [-0.2, 0) is 14.4 Å². The lowest BCUT2D eigenvalue weighted by Crippen LogP contribution is -2.24. The van der Waals surface area contributed by atoms with E-state index in [2.05, 4.69) is 6.92 Å². The Labute approximate surface area is 101 Å². The van der Waals surface area contributed by atoms with Gasteiger partial charge in [0.2, 0.25) is 0 Å². The molecule has 5 nitrogen and oxygen atoms in total. The van der Waals surface area contributed by atoms with Crippen LogP contribution in [0, 0.1) is 0 Å². The molecule has 3 N–H and O–H groups in total. The van der Waals surface area contributed by atoms with E-state index >= 15 is 0 Å². The fourth-order valence-corrected chi connectivity index (χ4v) is 1.50. The van der Waals surface area contributed by atoms with Crippen LogP contribution in [0.1, 0.15) is 51.9 Å². The lowest BCUT2D eigenvalue weighted by Gasteiger charge is -2.09. The number of Topliss-reactive ketones (excluding diaryl/α,β-unsaturated/α-hetero) is 2. The van der Waals surface area contributed by atoms with Crippen molar-refractivity contribution >= 4 is 17.5 Å². The molecule has 0 spiro atoms. The van der Waals surface area contributed by atoms with Gasteiger partial charge in [-0.3, -0.25) is 14.4 Å². The third-order valence-electron chi connectivity index (χ3n) is 2.45. The first kappa shape index (κ1) is 15.8. The molecule has 0 aromatic heterocycles. The normalized spacial score (nSPS) is 12.1. The van der Waals surface area contributed by atoms with Crippen LogP contribution in [0.15, 0.2) is 0 Å². The molecule has 1 unspecified atom stereocenters. The van der Waals surface area contributed by atoms with Crippen LogP contribution in [0.25, 0.3) is 0 Å². The van der Waals surface area contributed by atoms with Crippen molar-refractivity contribution in [2.24, 2.45) is 5.73 Å². The van der Waals surface area contributed by atoms with Crippen molar-refractivity contribution in [2.75, 3.05) is 0 Å². The fraction of sp³-hybridized carbons (Fsp3) is 0.750. The van der Waals surface area contributed by atoms with Gasteiger partial charge in [-0.2, -0.15) is 0 Å². The number of unbranched alkanes of at least 4 members (excludes halogenated alkanes) is 1. The van der Waals surface area contributed by atoms with Gasteiger partial charge >= 0.3 is 5.97 Å². The molecule has 0 heterocycles. The van der Waals surface area contributed by atoms with Crippen LogP contribution in [0.5, 0.6) is 0 Å². The van der Waals surface area contributed by atoms with Gasteiger partial charge in [-0.05, 0) is 6.42 Å². The van der Waals surface area contributed by atoms with E-state index in [1.54, 1.807) is 0 Å². The number of carboxylic acids is 1. The Morgan fingerprint density at radius 1 is 1.18 bits per heavy atom. The van der Waals surface area contributed by atoms with Crippen molar-refractivity contribution in [3.63, 3.8) is 0 Å². The molecule has 0 aliphatic heterocycles. The summed E-state index contributed by atoms with van der Waals surface area (Å²) in [5, 5.41) is 8.37. The fourth-order valence-electron chi connectivity index (χ4n) is 1.50. The maximum Gasteiger partial charge on any atom is 0.310 e. The van der Waals surface area contributed by atoms with Crippen molar-refractivity contribution in [3.8, 4) is 0 Å². The average molecular weight is 243 g/mol. The number of aliphatic carboxylic acids is 1. The smallest absolute Gasteiger partial charge is 0.310 e. The number of ketones is 2. The Balaban J connectivity index is 3.72. The molecule has 0 radical (unpaired) electrons. The van der Waals surface area contributed by atoms with E-state index in [4.69, 9.17) is 10.8 Å². The van der Waals surface area contributed by atoms with Crippen LogP contribution in [0.2, 0.25) is 0 Å². The molecule has 0 saturated heterocycles. The Morgan fingerprint density at radius 2 is 1.76 bits per heavy atom. The first-order valence-electron chi connectivity index (χ1n) is 5.96. The molecular formula is C12H21NO4. The summed E-state index contributed by atoms with van der Waals surface area (Å²) in [7, 11) is 0. The zero-order valence-electron chi connectivity index (χ0n) is 10.3. The lowest BCUT2D eigenvalue weighted by atomic mass is 10.0. The molecule has 1 atom stereocenters. The number of nitrogens with two attached hydrogens (primary N) is 1. The van der Waals surface area contributed by atoms with E-state index in [0.29, 0.717) is 0 Å². The summed E-state index contributed by atoms with van der Waals surface area (Å²) in [6.07, 6.45) is 2.73. The van der Waals surface area contributed by atoms with Crippen LogP contribution in [0.4, 0.5) is 0 Å². The molecule has 0 fully saturated rings. The van der Waals surface area contributed by atoms with Gasteiger partial charge < -0.3 is 10.8 Å². The molecule has 0 bridgehead atoms. The number of carbonyl (C=O) groups excluding carboxylic acids is 2. The Hall–Kier alpha value is -1.23. The van der Waals surface area contributed by atoms with Gasteiger partial charge in [0.25, 0.3) is 0 Å². The molecule has 0 aliphatic rings. The summed E-state index contributed by atoms with van der Waals surface area (Å²) in [4.78, 5) is 32.7. The SMILES string of the molecule is CCCCC(N)CC(=O)CCC(=O)CC(=O)O. The number of hydrogen-bond acceptors (Lipinski definition) is 4. The van der Waals surface area contributed by atoms with Crippen molar-refractivity contribution in [3.05, 3.63) is 0 Å². The molecule has 0 aromatic rings. The summed E-state index contributed by atoms with van der Waals surface area (Å²) >= 11 is 0. The minimum atomic E-state index is -1.15. The topological polar surface area (TPSA) is 97.5 Å². The number of carbonyl (C=O) groups is 3. The monoisotopic (exact) mass is 243 g/mol. The summed E-state index contributed by atoms with van der Waals surface area (Å²) in [5.41, 5.74) is 5.75. The summed E-state index contributed by atoms with van der Waals surface area (Å²) in [5.74, 6) is -1.62. The van der Waals surface area contributed by atoms with Crippen LogP contribution >= 0.6 is 0 Å². The largest absolute Gasteiger partial charge is 0.481 e. The standard InChI is InChI=1S/C12H21NO4/c1-2-3-4-9(13)7-10(14)5-6-11(15)8-12(16)17/h9H,2-8,13H2,1H3,(H,16,17). The minimum Gasteiger partial charge on any atom is -0.481 e. The number of carboxylic acid groups (broad SMARTS) is 1. The third-order valence-corrected chi connectivity index (χ3v) is 2.45. The minimum absolute atomic E-state index is 0.00559. The highest BCUT2D eigenvalue weighted by Gasteiger charge is 2.13. The zero-order chi connectivity index (χ0) is 13.3. The number of rotatable bonds is 10. The van der Waals surface area contributed by atoms with Gasteiger partial charge in [-0.1, -0.05) is 19.8 Å². The van der Waals surface area contributed by atoms with Gasteiger partial charge in [0.15, 0.2) is 0 Å². The van der Waals surface area contributed by atoms with E-state index in [-0.39, 0.29) is 31.1 Å². The van der Waals surface area contributed by atoms with Gasteiger partial charge in [0, 0.05) is 25.3 Å². The van der Waals surface area contributed by atoms with Crippen molar-refractivity contribution < 1.29 is 19.5 Å². The molecule has 17 heavy (non-hydrogen) atoms. The lowest BCUT2D eigenvalue weighted by molar-refractivity contribution is -0.140. The first-order chi connectivity index (χ1) is 7.95. The third kappa shape index (κ3) is 9.68. The number of hydrogen-bond donors (Lipinski definition) is 2. The molecular weight excluding hydrogens is 222 g/mol. The predicted molar refractivity (Wildman–Crippen MR) is 63.6 cm³/mol. The summed E-state index contributed by atoms with van der Waals surface area (Å²) in [6.45, 7) is 2.05. The molecule has 0 amide bonds. The Morgan fingerprint density at radius 3 is 2.29 bits per heavy atom. The van der Waals surface area contributed by atoms with Crippen LogP contribution < -0.4 is 5.73 Å². The van der Waals surface area contributed by atoms with Gasteiger partial charge in [-0.25, -0.2) is 0 Å². The second-order valence-corrected chi connectivity index (χ2v) is 4.25. The predicted octanol–water partition coefficient (Wildman–Crippen LogP) is 1.29. The van der Waals surface area contributed by atoms with Crippen molar-refractivity contribution in [2.45, 2.75) is 57.9 Å². The highest BCUT2D eigenvalue weighted by Crippen LogP contribution is 2.06. The van der Waals surface area contributed by atoms with E-state index in [9.17, 15) is 14.4 Å². The zero-order valence-corrected chi connectivity index (χ0v) is 10.3. The van der Waals surface area contributed by atoms with E-state index in [1.165, 1.54) is 0 Å². The molecule has 98 valence electrons. The van der Waals surface area contributed by atoms with Gasteiger partial charge in [0.1, 0.15) is 18.0 Å². The maximum atomic E-state index is 11.4. The molecule has 0 saturated carbocycles. The summed E-state index contributed by atoms with van der Waals surface area (Å²) < 4.78 is 0. The Bertz CT molecular complexity index is 276. The second-order valence-electron chi connectivity index (χ2n) is 4.25. The average Bonchev–Trinajstić information content (AvgIpc) is 2.22.